The standard InChI is InChI=1S/C20H22BrNS/c1-14-7-9-17(10-8-14)23-18-11-16-13-22(20(18)19(16)21)12-15-5-3-2-4-6-15/h2-10,16,18-20H,11-13H2,1H3/t16-,18-,19+,20+/m0/s1. The summed E-state index contributed by atoms with van der Waals surface area (Å²) in [6, 6.07) is 20.5. The first kappa shape index (κ1) is 15.7. The molecule has 120 valence electrons. The Morgan fingerprint density at radius 2 is 1.83 bits per heavy atom. The smallest absolute Gasteiger partial charge is 0.0353 e. The molecule has 1 aliphatic carbocycles. The third-order valence-corrected chi connectivity index (χ3v) is 7.73. The molecule has 0 radical (unpaired) electrons. The fourth-order valence-corrected chi connectivity index (χ4v) is 6.74. The number of fused-ring (bicyclic) bond motifs is 2. The van der Waals surface area contributed by atoms with Gasteiger partial charge in [-0.2, -0.15) is 0 Å². The van der Waals surface area contributed by atoms with Gasteiger partial charge < -0.3 is 0 Å². The highest BCUT2D eigenvalue weighted by Crippen LogP contribution is 2.49. The zero-order valence-corrected chi connectivity index (χ0v) is 15.8. The van der Waals surface area contributed by atoms with Crippen LogP contribution in [0.1, 0.15) is 17.5 Å². The van der Waals surface area contributed by atoms with Crippen LogP contribution in [-0.4, -0.2) is 27.6 Å². The predicted octanol–water partition coefficient (Wildman–Crippen LogP) is 5.12. The van der Waals surface area contributed by atoms with Crippen molar-refractivity contribution in [2.45, 2.75) is 40.9 Å². The number of rotatable bonds is 4. The van der Waals surface area contributed by atoms with Crippen molar-refractivity contribution in [1.82, 2.24) is 4.90 Å². The van der Waals surface area contributed by atoms with Crippen molar-refractivity contribution in [3.8, 4) is 0 Å². The number of alkyl halides is 1. The summed E-state index contributed by atoms with van der Waals surface area (Å²) in [5.74, 6) is 0.798. The summed E-state index contributed by atoms with van der Waals surface area (Å²) in [6.07, 6.45) is 1.34. The summed E-state index contributed by atoms with van der Waals surface area (Å²) in [6.45, 7) is 4.47. The Morgan fingerprint density at radius 3 is 2.52 bits per heavy atom. The van der Waals surface area contributed by atoms with E-state index in [0.717, 1.165) is 12.5 Å². The first-order valence-corrected chi connectivity index (χ1v) is 10.2. The predicted molar refractivity (Wildman–Crippen MR) is 102 cm³/mol. The number of hydrogen-bond acceptors (Lipinski definition) is 2. The van der Waals surface area contributed by atoms with Crippen molar-refractivity contribution >= 4 is 27.7 Å². The normalized spacial score (nSPS) is 30.0. The zero-order chi connectivity index (χ0) is 15.8. The van der Waals surface area contributed by atoms with E-state index in [1.807, 2.05) is 0 Å². The number of piperidine rings is 1. The highest BCUT2D eigenvalue weighted by atomic mass is 79.9. The lowest BCUT2D eigenvalue weighted by Gasteiger charge is -2.33. The van der Waals surface area contributed by atoms with Crippen LogP contribution < -0.4 is 0 Å². The number of likely N-dealkylation sites (tertiary alicyclic amines) is 1. The number of hydrogen-bond donors (Lipinski definition) is 0. The lowest BCUT2D eigenvalue weighted by molar-refractivity contribution is 0.211. The van der Waals surface area contributed by atoms with Gasteiger partial charge in [0.15, 0.2) is 0 Å². The van der Waals surface area contributed by atoms with Crippen LogP contribution in [0.2, 0.25) is 0 Å². The van der Waals surface area contributed by atoms with Gasteiger partial charge in [-0.3, -0.25) is 4.90 Å². The molecule has 0 amide bonds. The molecule has 0 N–H and O–H groups in total. The molecule has 0 spiro atoms. The molecule has 1 saturated heterocycles. The van der Waals surface area contributed by atoms with Gasteiger partial charge in [0.2, 0.25) is 0 Å². The number of thioether (sulfide) groups is 1. The van der Waals surface area contributed by atoms with Gasteiger partial charge in [0.05, 0.1) is 0 Å². The highest BCUT2D eigenvalue weighted by molar-refractivity contribution is 9.09. The quantitative estimate of drug-likeness (QED) is 0.669. The summed E-state index contributed by atoms with van der Waals surface area (Å²) in [7, 11) is 0. The topological polar surface area (TPSA) is 3.24 Å². The van der Waals surface area contributed by atoms with E-state index in [9.17, 15) is 0 Å². The van der Waals surface area contributed by atoms with Gasteiger partial charge in [0.1, 0.15) is 0 Å². The molecular formula is C20H22BrNS. The van der Waals surface area contributed by atoms with Crippen LogP contribution in [0.3, 0.4) is 0 Å². The maximum atomic E-state index is 4.00. The van der Waals surface area contributed by atoms with Crippen LogP contribution >= 0.6 is 27.7 Å². The molecule has 1 heterocycles. The SMILES string of the molecule is Cc1ccc(S[C@H]2C[C@H]3CN(Cc4ccccc4)[C@H]2[C@@H]3Br)cc1. The van der Waals surface area contributed by atoms with Crippen LogP contribution in [0, 0.1) is 12.8 Å². The van der Waals surface area contributed by atoms with E-state index < -0.39 is 0 Å². The van der Waals surface area contributed by atoms with E-state index in [0.29, 0.717) is 16.1 Å². The highest BCUT2D eigenvalue weighted by Gasteiger charge is 2.51. The van der Waals surface area contributed by atoms with Crippen molar-refractivity contribution < 1.29 is 0 Å². The average Bonchev–Trinajstić information content (AvgIpc) is 3.02. The van der Waals surface area contributed by atoms with E-state index in [-0.39, 0.29) is 0 Å². The van der Waals surface area contributed by atoms with Crippen molar-refractivity contribution in [2.24, 2.45) is 5.92 Å². The number of benzene rings is 2. The molecule has 0 aromatic heterocycles. The van der Waals surface area contributed by atoms with Gasteiger partial charge in [-0.1, -0.05) is 64.0 Å². The second kappa shape index (κ2) is 6.62. The zero-order valence-electron chi connectivity index (χ0n) is 13.4. The molecule has 2 aromatic rings. The van der Waals surface area contributed by atoms with E-state index in [1.54, 1.807) is 0 Å². The molecule has 2 aliphatic rings. The summed E-state index contributed by atoms with van der Waals surface area (Å²) < 4.78 is 0. The molecule has 2 fully saturated rings. The van der Waals surface area contributed by atoms with Gasteiger partial charge in [-0.25, -0.2) is 0 Å². The van der Waals surface area contributed by atoms with Gasteiger partial charge in [0.25, 0.3) is 0 Å². The van der Waals surface area contributed by atoms with Crippen LogP contribution in [0.25, 0.3) is 0 Å². The average molecular weight is 388 g/mol. The summed E-state index contributed by atoms with van der Waals surface area (Å²) in [5.41, 5.74) is 2.77. The molecule has 4 rings (SSSR count). The monoisotopic (exact) mass is 387 g/mol. The number of aryl methyl sites for hydroxylation is 1. The van der Waals surface area contributed by atoms with Crippen LogP contribution in [0.4, 0.5) is 0 Å². The minimum absolute atomic E-state index is 0.645. The van der Waals surface area contributed by atoms with E-state index in [4.69, 9.17) is 0 Å². The van der Waals surface area contributed by atoms with E-state index in [1.165, 1.54) is 29.0 Å². The van der Waals surface area contributed by atoms with Crippen LogP contribution in [0.15, 0.2) is 59.5 Å². The Kier molecular flexibility index (Phi) is 4.53. The van der Waals surface area contributed by atoms with Gasteiger partial charge >= 0.3 is 0 Å². The molecule has 2 bridgehead atoms. The maximum absolute atomic E-state index is 4.00. The Labute approximate surface area is 151 Å². The van der Waals surface area contributed by atoms with Gasteiger partial charge in [-0.15, -0.1) is 11.8 Å². The Bertz CT molecular complexity index is 657. The van der Waals surface area contributed by atoms with Gasteiger partial charge in [-0.05, 0) is 37.0 Å². The summed E-state index contributed by atoms with van der Waals surface area (Å²) >= 11 is 6.07. The van der Waals surface area contributed by atoms with Gasteiger partial charge in [0, 0.05) is 34.1 Å². The second-order valence-electron chi connectivity index (χ2n) is 6.82. The molecule has 2 aromatic carbocycles. The van der Waals surface area contributed by atoms with Crippen LogP contribution in [0.5, 0.6) is 0 Å². The third-order valence-electron chi connectivity index (χ3n) is 5.12. The minimum atomic E-state index is 0.645. The van der Waals surface area contributed by atoms with Crippen molar-refractivity contribution in [1.29, 1.82) is 0 Å². The minimum Gasteiger partial charge on any atom is -0.294 e. The Hall–Kier alpha value is -0.770. The largest absolute Gasteiger partial charge is 0.294 e. The number of halogens is 1. The maximum Gasteiger partial charge on any atom is 0.0353 e. The molecule has 0 unspecified atom stereocenters. The molecular weight excluding hydrogens is 366 g/mol. The second-order valence-corrected chi connectivity index (χ2v) is 9.19. The fourth-order valence-electron chi connectivity index (χ4n) is 3.98. The lowest BCUT2D eigenvalue weighted by Crippen LogP contribution is -2.40. The molecule has 1 nitrogen and oxygen atoms in total. The lowest BCUT2D eigenvalue weighted by atomic mass is 10.1. The first-order chi connectivity index (χ1) is 11.2. The first-order valence-electron chi connectivity index (χ1n) is 8.36. The van der Waals surface area contributed by atoms with Crippen LogP contribution in [-0.2, 0) is 6.54 Å². The van der Waals surface area contributed by atoms with E-state index in [2.05, 4.69) is 94.1 Å². The molecule has 23 heavy (non-hydrogen) atoms. The van der Waals surface area contributed by atoms with Crippen molar-refractivity contribution in [2.75, 3.05) is 6.54 Å². The molecule has 4 atom stereocenters. The van der Waals surface area contributed by atoms with Crippen molar-refractivity contribution in [3.63, 3.8) is 0 Å². The summed E-state index contributed by atoms with van der Waals surface area (Å²) in [5, 5.41) is 0.699. The van der Waals surface area contributed by atoms with Crippen molar-refractivity contribution in [3.05, 3.63) is 65.7 Å². The number of nitrogens with zero attached hydrogens (tertiary/aromatic N) is 1. The molecule has 1 saturated carbocycles. The fraction of sp³-hybridized carbons (Fsp3) is 0.400. The molecule has 1 aliphatic heterocycles. The Balaban J connectivity index is 1.48. The molecule has 3 heteroatoms. The third kappa shape index (κ3) is 3.24. The van der Waals surface area contributed by atoms with E-state index >= 15 is 0 Å². The summed E-state index contributed by atoms with van der Waals surface area (Å²) in [4.78, 5) is 4.75. The Morgan fingerprint density at radius 1 is 1.09 bits per heavy atom.